The SMILES string of the molecule is Cc1ccc(-c2cn(CC3CCOCC3)cc(C(=O)Nc3ccc(-c4cc(/C(C=N)=C/NC[C@H](O)CO)cnc4N)cc3)c2=O)cc1. The van der Waals surface area contributed by atoms with Gasteiger partial charge in [-0.15, -0.1) is 0 Å². The lowest BCUT2D eigenvalue weighted by atomic mass is 9.99. The van der Waals surface area contributed by atoms with E-state index in [-0.39, 0.29) is 30.0 Å². The highest BCUT2D eigenvalue weighted by atomic mass is 16.5. The van der Waals surface area contributed by atoms with Crippen LogP contribution in [0.4, 0.5) is 11.5 Å². The number of pyridine rings is 2. The summed E-state index contributed by atoms with van der Waals surface area (Å²) in [5.41, 5.74) is 11.2. The average molecular weight is 637 g/mol. The van der Waals surface area contributed by atoms with Gasteiger partial charge >= 0.3 is 0 Å². The number of carbonyl (C=O) groups is 1. The minimum absolute atomic E-state index is 0.0615. The van der Waals surface area contributed by atoms with E-state index in [0.717, 1.165) is 35.7 Å². The lowest BCUT2D eigenvalue weighted by Gasteiger charge is -2.23. The van der Waals surface area contributed by atoms with Crippen molar-refractivity contribution in [3.8, 4) is 22.3 Å². The lowest BCUT2D eigenvalue weighted by Crippen LogP contribution is -2.26. The third-order valence-corrected chi connectivity index (χ3v) is 8.18. The molecule has 0 unspecified atom stereocenters. The van der Waals surface area contributed by atoms with Crippen LogP contribution in [0.3, 0.4) is 0 Å². The number of carbonyl (C=O) groups excluding carboxylic acids is 1. The minimum Gasteiger partial charge on any atom is -0.394 e. The summed E-state index contributed by atoms with van der Waals surface area (Å²) in [4.78, 5) is 31.6. The maximum absolute atomic E-state index is 13.7. The van der Waals surface area contributed by atoms with Crippen LogP contribution in [0.25, 0.3) is 27.8 Å². The molecule has 7 N–H and O–H groups in total. The van der Waals surface area contributed by atoms with E-state index in [0.29, 0.717) is 53.6 Å². The Morgan fingerprint density at radius 3 is 2.47 bits per heavy atom. The van der Waals surface area contributed by atoms with Crippen molar-refractivity contribution in [3.05, 3.63) is 106 Å². The fraction of sp³-hybridized carbons (Fsp3) is 0.278. The van der Waals surface area contributed by atoms with Crippen molar-refractivity contribution in [1.82, 2.24) is 14.9 Å². The molecule has 3 heterocycles. The van der Waals surface area contributed by atoms with Gasteiger partial charge in [0.25, 0.3) is 5.91 Å². The van der Waals surface area contributed by atoms with Gasteiger partial charge in [0.2, 0.25) is 5.43 Å². The van der Waals surface area contributed by atoms with Crippen molar-refractivity contribution in [3.63, 3.8) is 0 Å². The molecule has 2 aromatic carbocycles. The molecule has 4 aromatic rings. The highest BCUT2D eigenvalue weighted by molar-refractivity contribution is 6.08. The molecule has 1 aliphatic heterocycles. The number of nitrogen functional groups attached to an aromatic ring is 1. The molecule has 244 valence electrons. The average Bonchev–Trinajstić information content (AvgIpc) is 3.09. The van der Waals surface area contributed by atoms with E-state index in [9.17, 15) is 14.7 Å². The summed E-state index contributed by atoms with van der Waals surface area (Å²) < 4.78 is 7.47. The van der Waals surface area contributed by atoms with Crippen LogP contribution in [0.1, 0.15) is 34.3 Å². The molecule has 0 saturated carbocycles. The summed E-state index contributed by atoms with van der Waals surface area (Å²) in [6, 6.07) is 16.6. The Kier molecular flexibility index (Phi) is 10.9. The molecular formula is C36H40N6O5. The number of hydrogen-bond donors (Lipinski definition) is 6. The normalized spacial score (nSPS) is 14.4. The number of nitrogens with zero attached hydrogens (tertiary/aromatic N) is 2. The van der Waals surface area contributed by atoms with Crippen LogP contribution >= 0.6 is 0 Å². The standard InChI is InChI=1S/C36H40N6O5/c1-23-2-4-26(5-3-23)32-20-42(19-24-10-12-47-13-11-24)21-33(34(32)45)36(46)41-29-8-6-25(7-9-29)31-14-27(17-40-35(31)38)28(15-37)16-39-18-30(44)22-43/h2-9,14-17,20-21,24,30,37,39,43-44H,10-13,18-19,22H2,1H3,(H2,38,40)(H,41,46)/b28-16+,37-15?/t30-/m0/s1. The predicted octanol–water partition coefficient (Wildman–Crippen LogP) is 4.08. The maximum Gasteiger partial charge on any atom is 0.261 e. The van der Waals surface area contributed by atoms with E-state index in [1.165, 1.54) is 0 Å². The van der Waals surface area contributed by atoms with E-state index in [1.807, 2.05) is 42.0 Å². The second-order valence-electron chi connectivity index (χ2n) is 11.7. The quantitative estimate of drug-likeness (QED) is 0.126. The highest BCUT2D eigenvalue weighted by Crippen LogP contribution is 2.29. The molecule has 1 atom stereocenters. The zero-order chi connectivity index (χ0) is 33.3. The number of benzene rings is 2. The molecule has 0 aliphatic carbocycles. The van der Waals surface area contributed by atoms with Gasteiger partial charge in [-0.2, -0.15) is 0 Å². The fourth-order valence-electron chi connectivity index (χ4n) is 5.44. The van der Waals surface area contributed by atoms with Crippen molar-refractivity contribution >= 4 is 29.2 Å². The number of aliphatic hydroxyl groups is 2. The van der Waals surface area contributed by atoms with Gasteiger partial charge in [0.05, 0.1) is 12.7 Å². The number of allylic oxidation sites excluding steroid dienone is 1. The number of nitrogens with two attached hydrogens (primary N) is 1. The van der Waals surface area contributed by atoms with Crippen LogP contribution in [-0.2, 0) is 11.3 Å². The second kappa shape index (κ2) is 15.5. The summed E-state index contributed by atoms with van der Waals surface area (Å²) >= 11 is 0. The van der Waals surface area contributed by atoms with Crippen molar-refractivity contribution in [1.29, 1.82) is 5.41 Å². The number of ether oxygens (including phenoxy) is 1. The molecule has 0 spiro atoms. The Morgan fingerprint density at radius 1 is 1.11 bits per heavy atom. The second-order valence-corrected chi connectivity index (χ2v) is 11.7. The Hall–Kier alpha value is -5.10. The summed E-state index contributed by atoms with van der Waals surface area (Å²) in [5, 5.41) is 32.2. The summed E-state index contributed by atoms with van der Waals surface area (Å²) in [6.07, 6.45) is 8.67. The number of aryl methyl sites for hydroxylation is 1. The van der Waals surface area contributed by atoms with Crippen molar-refractivity contribution in [2.75, 3.05) is 37.4 Å². The molecule has 1 aliphatic rings. The van der Waals surface area contributed by atoms with Crippen molar-refractivity contribution < 1.29 is 19.7 Å². The molecule has 47 heavy (non-hydrogen) atoms. The molecule has 11 heteroatoms. The van der Waals surface area contributed by atoms with Gasteiger partial charge in [0.1, 0.15) is 11.4 Å². The van der Waals surface area contributed by atoms with Crippen LogP contribution in [0.15, 0.2) is 84.2 Å². The number of hydrogen-bond acceptors (Lipinski definition) is 9. The van der Waals surface area contributed by atoms with Gasteiger partial charge in [-0.25, -0.2) is 4.98 Å². The molecule has 11 nitrogen and oxygen atoms in total. The Balaban J connectivity index is 1.38. The van der Waals surface area contributed by atoms with Gasteiger partial charge in [0.15, 0.2) is 0 Å². The van der Waals surface area contributed by atoms with E-state index >= 15 is 0 Å². The molecule has 1 amide bonds. The first-order valence-electron chi connectivity index (χ1n) is 15.5. The van der Waals surface area contributed by atoms with E-state index in [1.54, 1.807) is 48.9 Å². The van der Waals surface area contributed by atoms with Crippen LogP contribution in [-0.4, -0.2) is 64.4 Å². The fourth-order valence-corrected chi connectivity index (χ4v) is 5.44. The van der Waals surface area contributed by atoms with E-state index in [2.05, 4.69) is 15.6 Å². The third kappa shape index (κ3) is 8.39. The van der Waals surface area contributed by atoms with Crippen molar-refractivity contribution in [2.45, 2.75) is 32.4 Å². The molecule has 5 rings (SSSR count). The lowest BCUT2D eigenvalue weighted by molar-refractivity contribution is 0.0612. The Bertz CT molecular complexity index is 1790. The number of anilines is 2. The Labute approximate surface area is 273 Å². The molecule has 2 aromatic heterocycles. The van der Waals surface area contributed by atoms with Crippen LogP contribution in [0.5, 0.6) is 0 Å². The molecular weight excluding hydrogens is 596 g/mol. The molecule has 1 saturated heterocycles. The van der Waals surface area contributed by atoms with Gasteiger partial charge in [-0.05, 0) is 55.0 Å². The maximum atomic E-state index is 13.7. The Morgan fingerprint density at radius 2 is 1.79 bits per heavy atom. The topological polar surface area (TPSA) is 176 Å². The summed E-state index contributed by atoms with van der Waals surface area (Å²) in [6.45, 7) is 3.83. The zero-order valence-electron chi connectivity index (χ0n) is 26.3. The van der Waals surface area contributed by atoms with Gasteiger partial charge in [-0.3, -0.25) is 9.59 Å². The molecule has 0 bridgehead atoms. The third-order valence-electron chi connectivity index (χ3n) is 8.18. The van der Waals surface area contributed by atoms with Gasteiger partial charge in [0, 0.05) is 85.3 Å². The molecule has 0 radical (unpaired) electrons. The first-order chi connectivity index (χ1) is 22.7. The summed E-state index contributed by atoms with van der Waals surface area (Å²) in [7, 11) is 0. The van der Waals surface area contributed by atoms with E-state index < -0.39 is 12.0 Å². The molecule has 1 fully saturated rings. The number of amides is 1. The number of aromatic nitrogens is 2. The van der Waals surface area contributed by atoms with Crippen LogP contribution in [0, 0.1) is 18.3 Å². The number of nitrogens with one attached hydrogen (secondary N) is 3. The summed E-state index contributed by atoms with van der Waals surface area (Å²) in [5.74, 6) is 0.179. The van der Waals surface area contributed by atoms with E-state index in [4.69, 9.17) is 21.0 Å². The largest absolute Gasteiger partial charge is 0.394 e. The monoisotopic (exact) mass is 636 g/mol. The van der Waals surface area contributed by atoms with Crippen LogP contribution in [0.2, 0.25) is 0 Å². The first kappa shape index (κ1) is 33.3. The zero-order valence-corrected chi connectivity index (χ0v) is 26.3. The minimum atomic E-state index is -0.924. The van der Waals surface area contributed by atoms with Gasteiger partial charge in [-0.1, -0.05) is 42.0 Å². The van der Waals surface area contributed by atoms with Gasteiger partial charge < -0.3 is 41.3 Å². The van der Waals surface area contributed by atoms with Crippen LogP contribution < -0.4 is 21.8 Å². The first-order valence-corrected chi connectivity index (χ1v) is 15.5. The number of rotatable bonds is 12. The van der Waals surface area contributed by atoms with Crippen molar-refractivity contribution in [2.24, 2.45) is 5.92 Å². The smallest absolute Gasteiger partial charge is 0.261 e. The predicted molar refractivity (Wildman–Crippen MR) is 184 cm³/mol. The number of aliphatic hydroxyl groups excluding tert-OH is 2. The highest BCUT2D eigenvalue weighted by Gasteiger charge is 2.20.